The van der Waals surface area contributed by atoms with Gasteiger partial charge in [0.2, 0.25) is 5.91 Å². The highest BCUT2D eigenvalue weighted by Gasteiger charge is 2.35. The Hall–Kier alpha value is -1.81. The van der Waals surface area contributed by atoms with Crippen molar-refractivity contribution in [3.63, 3.8) is 0 Å². The van der Waals surface area contributed by atoms with E-state index < -0.39 is 0 Å². The van der Waals surface area contributed by atoms with Gasteiger partial charge in [0.05, 0.1) is 11.2 Å². The Bertz CT molecular complexity index is 774. The molecule has 0 bridgehead atoms. The summed E-state index contributed by atoms with van der Waals surface area (Å²) in [4.78, 5) is 24.1. The van der Waals surface area contributed by atoms with E-state index in [1.54, 1.807) is 16.8 Å². The minimum atomic E-state index is -0.166. The Balaban J connectivity index is 2.34. The first-order chi connectivity index (χ1) is 9.78. The lowest BCUT2D eigenvalue weighted by atomic mass is 9.76. The highest BCUT2D eigenvalue weighted by molar-refractivity contribution is 6.31. The number of hydrogen-bond donors (Lipinski definition) is 1. The number of amides is 1. The first kappa shape index (κ1) is 14.1. The van der Waals surface area contributed by atoms with Crippen molar-refractivity contribution in [2.24, 2.45) is 5.41 Å². The maximum absolute atomic E-state index is 12.6. The van der Waals surface area contributed by atoms with Crippen molar-refractivity contribution in [2.45, 2.75) is 33.6 Å². The van der Waals surface area contributed by atoms with Gasteiger partial charge in [0.15, 0.2) is 5.78 Å². The monoisotopic (exact) mass is 304 g/mol. The number of nitrogens with zero attached hydrogens (tertiary/aromatic N) is 1. The number of fused-ring (bicyclic) bond motifs is 3. The molecule has 1 aromatic carbocycles. The fraction of sp³-hybridized carbons (Fsp3) is 0.375. The van der Waals surface area contributed by atoms with Crippen LogP contribution >= 0.6 is 11.6 Å². The predicted molar refractivity (Wildman–Crippen MR) is 83.4 cm³/mol. The van der Waals surface area contributed by atoms with Gasteiger partial charge in [-0.25, -0.2) is 0 Å². The summed E-state index contributed by atoms with van der Waals surface area (Å²) in [6, 6.07) is 5.40. The Kier molecular flexibility index (Phi) is 3.10. The van der Waals surface area contributed by atoms with Gasteiger partial charge < -0.3 is 0 Å². The van der Waals surface area contributed by atoms with Crippen LogP contribution in [0.15, 0.2) is 18.2 Å². The lowest BCUT2D eigenvalue weighted by molar-refractivity contribution is -0.115. The van der Waals surface area contributed by atoms with Crippen LogP contribution in [0.2, 0.25) is 5.02 Å². The van der Waals surface area contributed by atoms with Gasteiger partial charge in [0.1, 0.15) is 0 Å². The third kappa shape index (κ3) is 2.33. The molecule has 21 heavy (non-hydrogen) atoms. The van der Waals surface area contributed by atoms with Crippen LogP contribution in [0.25, 0.3) is 10.9 Å². The van der Waals surface area contributed by atoms with E-state index >= 15 is 0 Å². The lowest BCUT2D eigenvalue weighted by Gasteiger charge is -2.29. The second-order valence-electron chi connectivity index (χ2n) is 6.43. The predicted octanol–water partition coefficient (Wildman–Crippen LogP) is 3.54. The van der Waals surface area contributed by atoms with Gasteiger partial charge in [-0.05, 0) is 30.0 Å². The third-order valence-corrected chi connectivity index (χ3v) is 4.10. The standard InChI is InChI=1S/C16H17ClN2O2/c1-9(20)18-19-12-5-4-10(17)6-11(12)15-13(19)7-16(2,3)8-14(15)21/h4-6H,7-8H2,1-3H3,(H,18,20). The molecule has 110 valence electrons. The molecular weight excluding hydrogens is 288 g/mol. The number of Topliss-reactive ketones (excluding diaryl/α,β-unsaturated/α-hetero) is 1. The van der Waals surface area contributed by atoms with Crippen LogP contribution < -0.4 is 5.43 Å². The molecule has 4 nitrogen and oxygen atoms in total. The molecule has 0 unspecified atom stereocenters. The Morgan fingerprint density at radius 3 is 2.71 bits per heavy atom. The first-order valence-corrected chi connectivity index (χ1v) is 7.30. The first-order valence-electron chi connectivity index (χ1n) is 6.92. The Morgan fingerprint density at radius 1 is 1.33 bits per heavy atom. The van der Waals surface area contributed by atoms with Crippen LogP contribution in [0.5, 0.6) is 0 Å². The average Bonchev–Trinajstić information content (AvgIpc) is 2.61. The summed E-state index contributed by atoms with van der Waals surface area (Å²) in [7, 11) is 0. The maximum atomic E-state index is 12.6. The van der Waals surface area contributed by atoms with Crippen LogP contribution in [-0.2, 0) is 11.2 Å². The minimum Gasteiger partial charge on any atom is -0.294 e. The van der Waals surface area contributed by atoms with Gasteiger partial charge in [-0.1, -0.05) is 25.4 Å². The molecule has 0 fully saturated rings. The lowest BCUT2D eigenvalue weighted by Crippen LogP contribution is -2.31. The summed E-state index contributed by atoms with van der Waals surface area (Å²) in [6.45, 7) is 5.59. The summed E-state index contributed by atoms with van der Waals surface area (Å²) < 4.78 is 1.74. The molecule has 1 amide bonds. The van der Waals surface area contributed by atoms with Crippen molar-refractivity contribution in [3.05, 3.63) is 34.5 Å². The van der Waals surface area contributed by atoms with E-state index in [0.29, 0.717) is 17.0 Å². The number of ketones is 1. The summed E-state index contributed by atoms with van der Waals surface area (Å²) in [5.74, 6) is -0.0573. The van der Waals surface area contributed by atoms with Crippen LogP contribution in [0.1, 0.15) is 43.2 Å². The van der Waals surface area contributed by atoms with Crippen molar-refractivity contribution >= 4 is 34.2 Å². The van der Waals surface area contributed by atoms with Crippen LogP contribution in [-0.4, -0.2) is 16.4 Å². The number of rotatable bonds is 1. The van der Waals surface area contributed by atoms with Gasteiger partial charge in [0.25, 0.3) is 0 Å². The molecule has 1 heterocycles. The normalized spacial score (nSPS) is 16.9. The number of aromatic nitrogens is 1. The van der Waals surface area contributed by atoms with Gasteiger partial charge in [0, 0.05) is 29.3 Å². The Labute approximate surface area is 128 Å². The van der Waals surface area contributed by atoms with Crippen LogP contribution in [0, 0.1) is 5.41 Å². The zero-order valence-corrected chi connectivity index (χ0v) is 13.0. The van der Waals surface area contributed by atoms with Crippen molar-refractivity contribution < 1.29 is 9.59 Å². The molecule has 1 aliphatic carbocycles. The minimum absolute atomic E-state index is 0.109. The van der Waals surface area contributed by atoms with Gasteiger partial charge in [-0.15, -0.1) is 0 Å². The number of nitrogens with one attached hydrogen (secondary N) is 1. The molecular formula is C16H17ClN2O2. The molecule has 0 saturated heterocycles. The van der Waals surface area contributed by atoms with E-state index in [4.69, 9.17) is 11.6 Å². The SMILES string of the molecule is CC(=O)Nn1c2c(c3cc(Cl)ccc31)C(=O)CC(C)(C)C2. The summed E-state index contributed by atoms with van der Waals surface area (Å²) >= 11 is 6.07. The molecule has 5 heteroatoms. The van der Waals surface area contributed by atoms with Crippen LogP contribution in [0.3, 0.4) is 0 Å². The molecule has 0 aliphatic heterocycles. The Morgan fingerprint density at radius 2 is 2.05 bits per heavy atom. The molecule has 0 saturated carbocycles. The van der Waals surface area contributed by atoms with Gasteiger partial charge >= 0.3 is 0 Å². The quantitative estimate of drug-likeness (QED) is 0.876. The average molecular weight is 305 g/mol. The molecule has 1 aliphatic rings. The largest absolute Gasteiger partial charge is 0.294 e. The zero-order valence-electron chi connectivity index (χ0n) is 12.3. The van der Waals surface area contributed by atoms with E-state index in [0.717, 1.165) is 23.0 Å². The summed E-state index contributed by atoms with van der Waals surface area (Å²) in [5, 5.41) is 1.40. The number of halogens is 1. The maximum Gasteiger partial charge on any atom is 0.235 e. The van der Waals surface area contributed by atoms with Crippen molar-refractivity contribution in [2.75, 3.05) is 5.43 Å². The molecule has 0 radical (unpaired) electrons. The van der Waals surface area contributed by atoms with Gasteiger partial charge in [-0.3, -0.25) is 19.7 Å². The van der Waals surface area contributed by atoms with Crippen LogP contribution in [0.4, 0.5) is 0 Å². The van der Waals surface area contributed by atoms with E-state index in [9.17, 15) is 9.59 Å². The zero-order chi connectivity index (χ0) is 15.4. The summed E-state index contributed by atoms with van der Waals surface area (Å²) in [6.07, 6.45) is 1.24. The number of benzene rings is 1. The molecule has 1 aromatic heterocycles. The molecule has 0 atom stereocenters. The highest BCUT2D eigenvalue weighted by atomic mass is 35.5. The van der Waals surface area contributed by atoms with Crippen molar-refractivity contribution in [3.8, 4) is 0 Å². The fourth-order valence-corrected chi connectivity index (χ4v) is 3.29. The molecule has 1 N–H and O–H groups in total. The second-order valence-corrected chi connectivity index (χ2v) is 6.86. The van der Waals surface area contributed by atoms with E-state index in [1.807, 2.05) is 6.07 Å². The number of carbonyl (C=O) groups is 2. The number of hydrogen-bond acceptors (Lipinski definition) is 2. The van der Waals surface area contributed by atoms with E-state index in [2.05, 4.69) is 19.3 Å². The third-order valence-electron chi connectivity index (χ3n) is 3.86. The molecule has 3 rings (SSSR count). The van der Waals surface area contributed by atoms with Gasteiger partial charge in [-0.2, -0.15) is 0 Å². The van der Waals surface area contributed by atoms with E-state index in [-0.39, 0.29) is 17.1 Å². The fourth-order valence-electron chi connectivity index (χ4n) is 3.12. The van der Waals surface area contributed by atoms with E-state index in [1.165, 1.54) is 6.92 Å². The topological polar surface area (TPSA) is 51.1 Å². The number of carbonyl (C=O) groups excluding carboxylic acids is 2. The molecule has 0 spiro atoms. The molecule has 2 aromatic rings. The highest BCUT2D eigenvalue weighted by Crippen LogP contribution is 2.39. The van der Waals surface area contributed by atoms with Crippen molar-refractivity contribution in [1.82, 2.24) is 4.68 Å². The summed E-state index contributed by atoms with van der Waals surface area (Å²) in [5.41, 5.74) is 5.07. The second kappa shape index (κ2) is 4.60. The van der Waals surface area contributed by atoms with Crippen molar-refractivity contribution in [1.29, 1.82) is 0 Å². The smallest absolute Gasteiger partial charge is 0.235 e.